The van der Waals surface area contributed by atoms with Gasteiger partial charge in [0.25, 0.3) is 6.67 Å². The number of pyridine rings is 1. The number of hydrazine groups is 3. The lowest BCUT2D eigenvalue weighted by Gasteiger charge is -2.18. The van der Waals surface area contributed by atoms with Crippen LogP contribution in [-0.2, 0) is 6.67 Å². The molecule has 0 bridgehead atoms. The van der Waals surface area contributed by atoms with Gasteiger partial charge < -0.3 is 0 Å². The Morgan fingerprint density at radius 3 is 1.86 bits per heavy atom. The van der Waals surface area contributed by atoms with Crippen molar-refractivity contribution in [2.45, 2.75) is 6.67 Å². The molecule has 0 atom stereocenters. The summed E-state index contributed by atoms with van der Waals surface area (Å²) in [7, 11) is 1.03. The fraction of sp³-hybridized carbons (Fsp3) is 0.444. The Balaban J connectivity index is 2.79. The smallest absolute Gasteiger partial charge is 0.235 e. The molecule has 120 valence electrons. The summed E-state index contributed by atoms with van der Waals surface area (Å²) < 4.78 is 1.44. The van der Waals surface area contributed by atoms with Crippen LogP contribution in [0.4, 0.5) is 0 Å². The Morgan fingerprint density at radius 2 is 1.41 bits per heavy atom. The van der Waals surface area contributed by atoms with Crippen LogP contribution < -0.4 is 4.57 Å². The van der Waals surface area contributed by atoms with Gasteiger partial charge in [0.15, 0.2) is 27.5 Å². The zero-order valence-corrected chi connectivity index (χ0v) is 11.6. The van der Waals surface area contributed by atoms with E-state index in [9.17, 15) is 30.3 Å². The van der Waals surface area contributed by atoms with Crippen molar-refractivity contribution in [2.75, 3.05) is 20.4 Å². The van der Waals surface area contributed by atoms with E-state index in [1.807, 2.05) is 0 Å². The Hall–Kier alpha value is -3.25. The summed E-state index contributed by atoms with van der Waals surface area (Å²) in [5, 5.41) is 31.2. The van der Waals surface area contributed by atoms with Crippen LogP contribution in [-0.4, -0.2) is 50.5 Å². The Morgan fingerprint density at radius 1 is 0.864 bits per heavy atom. The molecule has 0 radical (unpaired) electrons. The maximum Gasteiger partial charge on any atom is 0.277 e. The van der Waals surface area contributed by atoms with Crippen LogP contribution in [0.2, 0.25) is 0 Å². The van der Waals surface area contributed by atoms with Crippen molar-refractivity contribution in [3.05, 3.63) is 60.9 Å². The summed E-state index contributed by atoms with van der Waals surface area (Å²) >= 11 is 0. The number of rotatable bonds is 9. The summed E-state index contributed by atoms with van der Waals surface area (Å²) in [5.74, 6) is 0. The van der Waals surface area contributed by atoms with Crippen LogP contribution in [0.3, 0.4) is 0 Å². The van der Waals surface area contributed by atoms with Crippen LogP contribution in [0.1, 0.15) is 0 Å². The molecule has 0 aliphatic heterocycles. The Bertz CT molecular complexity index is 541. The van der Waals surface area contributed by atoms with Crippen molar-refractivity contribution in [1.29, 1.82) is 0 Å². The molecule has 0 saturated heterocycles. The van der Waals surface area contributed by atoms with Gasteiger partial charge in [-0.2, -0.15) is 4.57 Å². The number of hydrogen-bond donors (Lipinski definition) is 0. The van der Waals surface area contributed by atoms with Crippen molar-refractivity contribution in [2.24, 2.45) is 0 Å². The van der Waals surface area contributed by atoms with Crippen molar-refractivity contribution in [1.82, 2.24) is 15.0 Å². The van der Waals surface area contributed by atoms with Crippen LogP contribution >= 0.6 is 0 Å². The molecule has 13 nitrogen and oxygen atoms in total. The molecule has 0 aliphatic carbocycles. The fourth-order valence-corrected chi connectivity index (χ4v) is 1.49. The van der Waals surface area contributed by atoms with E-state index < -0.39 is 28.4 Å². The minimum absolute atomic E-state index is 0.250. The standard InChI is InChI=1S/C9H14N7O6/c1-10(14(17)18)7-12(15(19)20)9-13(16(21)22)8-11-5-3-2-4-6-11/h2-6H,7-9H2,1H3/q+1. The van der Waals surface area contributed by atoms with Gasteiger partial charge in [-0.05, 0) is 5.01 Å². The molecule has 13 heteroatoms. The molecule has 0 aromatic carbocycles. The topological polar surface area (TPSA) is 143 Å². The number of nitrogens with zero attached hydrogens (tertiary/aromatic N) is 7. The van der Waals surface area contributed by atoms with E-state index in [1.54, 1.807) is 30.6 Å². The van der Waals surface area contributed by atoms with E-state index in [0.29, 0.717) is 15.0 Å². The molecule has 1 rings (SSSR count). The summed E-state index contributed by atoms with van der Waals surface area (Å²) in [6, 6.07) is 5.00. The van der Waals surface area contributed by atoms with Crippen molar-refractivity contribution < 1.29 is 19.7 Å². The Kier molecular flexibility index (Phi) is 5.74. The minimum atomic E-state index is -0.924. The predicted molar refractivity (Wildman–Crippen MR) is 68.8 cm³/mol. The first kappa shape index (κ1) is 16.8. The lowest BCUT2D eigenvalue weighted by Crippen LogP contribution is -2.53. The zero-order valence-electron chi connectivity index (χ0n) is 11.6. The first-order valence-electron chi connectivity index (χ1n) is 5.89. The molecule has 0 saturated carbocycles. The monoisotopic (exact) mass is 316 g/mol. The largest absolute Gasteiger partial charge is 0.277 e. The predicted octanol–water partition coefficient (Wildman–Crippen LogP) is -1.04. The van der Waals surface area contributed by atoms with Crippen LogP contribution in [0, 0.1) is 30.3 Å². The summed E-state index contributed by atoms with van der Waals surface area (Å²) in [5.41, 5.74) is 0. The van der Waals surface area contributed by atoms with Gasteiger partial charge in [-0.15, -0.1) is 5.01 Å². The molecule has 22 heavy (non-hydrogen) atoms. The number of nitro groups is 3. The van der Waals surface area contributed by atoms with E-state index in [1.165, 1.54) is 4.57 Å². The van der Waals surface area contributed by atoms with Gasteiger partial charge in [0.1, 0.15) is 0 Å². The minimum Gasteiger partial charge on any atom is -0.235 e. The molecule has 1 aromatic heterocycles. The second-order valence-electron chi connectivity index (χ2n) is 4.20. The maximum absolute atomic E-state index is 11.0. The van der Waals surface area contributed by atoms with Crippen LogP contribution in [0.5, 0.6) is 0 Å². The molecule has 0 aliphatic rings. The average molecular weight is 316 g/mol. The van der Waals surface area contributed by atoms with Crippen molar-refractivity contribution in [3.8, 4) is 0 Å². The molecule has 0 N–H and O–H groups in total. The lowest BCUT2D eigenvalue weighted by molar-refractivity contribution is -0.811. The van der Waals surface area contributed by atoms with Crippen LogP contribution in [0.15, 0.2) is 30.6 Å². The molecule has 0 unspecified atom stereocenters. The highest BCUT2D eigenvalue weighted by Crippen LogP contribution is 1.98. The molecule has 0 fully saturated rings. The fourth-order valence-electron chi connectivity index (χ4n) is 1.49. The first-order valence-corrected chi connectivity index (χ1v) is 5.89. The average Bonchev–Trinajstić information content (AvgIpc) is 2.46. The third kappa shape index (κ3) is 5.03. The van der Waals surface area contributed by atoms with E-state index in [0.717, 1.165) is 7.05 Å². The molecular formula is C9H14N7O6+. The SMILES string of the molecule is CN(CN(CN(C[n+]1ccccc1)[N+](=O)[O-])[N+](=O)[O-])[N+](=O)[O-]. The zero-order chi connectivity index (χ0) is 16.7. The summed E-state index contributed by atoms with van der Waals surface area (Å²) in [4.78, 5) is 32.4. The van der Waals surface area contributed by atoms with Gasteiger partial charge in [0.05, 0.1) is 7.05 Å². The molecule has 0 spiro atoms. The lowest BCUT2D eigenvalue weighted by atomic mass is 10.5. The van der Waals surface area contributed by atoms with Gasteiger partial charge >= 0.3 is 0 Å². The van der Waals surface area contributed by atoms with Crippen molar-refractivity contribution in [3.63, 3.8) is 0 Å². The normalized spacial score (nSPS) is 9.86. The molecule has 0 amide bonds. The van der Waals surface area contributed by atoms with Gasteiger partial charge in [0, 0.05) is 12.1 Å². The van der Waals surface area contributed by atoms with E-state index in [4.69, 9.17) is 0 Å². The van der Waals surface area contributed by atoms with Gasteiger partial charge in [0.2, 0.25) is 13.3 Å². The third-order valence-corrected chi connectivity index (χ3v) is 2.54. The quantitative estimate of drug-likeness (QED) is 0.241. The van der Waals surface area contributed by atoms with Gasteiger partial charge in [-0.3, -0.25) is 0 Å². The second kappa shape index (κ2) is 7.51. The van der Waals surface area contributed by atoms with E-state index >= 15 is 0 Å². The number of hydrogen-bond acceptors (Lipinski definition) is 6. The molecule has 1 aromatic rings. The first-order chi connectivity index (χ1) is 10.3. The van der Waals surface area contributed by atoms with Gasteiger partial charge in [-0.25, -0.2) is 30.3 Å². The third-order valence-electron chi connectivity index (χ3n) is 2.54. The Labute approximate surface area is 123 Å². The molecular weight excluding hydrogens is 302 g/mol. The van der Waals surface area contributed by atoms with E-state index in [2.05, 4.69) is 0 Å². The van der Waals surface area contributed by atoms with Crippen molar-refractivity contribution >= 4 is 0 Å². The highest BCUT2D eigenvalue weighted by molar-refractivity contribution is 4.83. The summed E-state index contributed by atoms with van der Waals surface area (Å²) in [6.45, 7) is -1.68. The highest BCUT2D eigenvalue weighted by atomic mass is 16.7. The van der Waals surface area contributed by atoms with E-state index in [-0.39, 0.29) is 6.67 Å². The maximum atomic E-state index is 11.0. The number of aromatic nitrogens is 1. The highest BCUT2D eigenvalue weighted by Gasteiger charge is 2.30. The van der Waals surface area contributed by atoms with Crippen LogP contribution in [0.25, 0.3) is 0 Å². The summed E-state index contributed by atoms with van der Waals surface area (Å²) in [6.07, 6.45) is 3.10. The van der Waals surface area contributed by atoms with Gasteiger partial charge in [-0.1, -0.05) is 11.1 Å². The molecule has 1 heterocycles. The second-order valence-corrected chi connectivity index (χ2v) is 4.20.